The average molecular weight is 390 g/mol. The van der Waals surface area contributed by atoms with E-state index in [1.165, 1.54) is 30.5 Å². The molecule has 0 saturated carbocycles. The van der Waals surface area contributed by atoms with Crippen molar-refractivity contribution >= 4 is 23.2 Å². The highest BCUT2D eigenvalue weighted by atomic mass is 19.1. The molecule has 0 aliphatic carbocycles. The molecule has 1 saturated heterocycles. The number of amides is 2. The van der Waals surface area contributed by atoms with Crippen LogP contribution in [0, 0.1) is 5.82 Å². The third kappa shape index (κ3) is 5.38. The molecular formula is C19H23FN4O4. The number of hydrogen-bond donors (Lipinski definition) is 3. The number of ether oxygens (including phenoxy) is 1. The van der Waals surface area contributed by atoms with Gasteiger partial charge in [0, 0.05) is 31.7 Å². The number of halogens is 1. The number of anilines is 2. The van der Waals surface area contributed by atoms with Crippen LogP contribution in [0.15, 0.2) is 34.9 Å². The van der Waals surface area contributed by atoms with Crippen molar-refractivity contribution in [3.63, 3.8) is 0 Å². The topological polar surface area (TPSA) is 110 Å². The molecule has 1 aromatic heterocycles. The maximum Gasteiger partial charge on any atom is 0.258 e. The zero-order valence-corrected chi connectivity index (χ0v) is 15.4. The molecule has 1 aliphatic rings. The predicted molar refractivity (Wildman–Crippen MR) is 101 cm³/mol. The molecule has 0 atom stereocenters. The van der Waals surface area contributed by atoms with Crippen LogP contribution >= 0.6 is 0 Å². The molecule has 150 valence electrons. The summed E-state index contributed by atoms with van der Waals surface area (Å²) in [5, 5.41) is 5.20. The minimum atomic E-state index is -0.577. The Kier molecular flexibility index (Phi) is 6.75. The second kappa shape index (κ2) is 9.45. The van der Waals surface area contributed by atoms with Crippen LogP contribution in [0.1, 0.15) is 22.5 Å². The smallest absolute Gasteiger partial charge is 0.258 e. The third-order valence-electron chi connectivity index (χ3n) is 4.37. The van der Waals surface area contributed by atoms with Crippen molar-refractivity contribution in [3.8, 4) is 0 Å². The van der Waals surface area contributed by atoms with E-state index in [1.807, 2.05) is 0 Å². The third-order valence-corrected chi connectivity index (χ3v) is 4.37. The van der Waals surface area contributed by atoms with Gasteiger partial charge >= 0.3 is 0 Å². The average Bonchev–Trinajstić information content (AvgIpc) is 3.19. The van der Waals surface area contributed by atoms with E-state index in [1.54, 1.807) is 0 Å². The number of rotatable bonds is 7. The van der Waals surface area contributed by atoms with Crippen molar-refractivity contribution in [1.29, 1.82) is 0 Å². The van der Waals surface area contributed by atoms with Gasteiger partial charge in [0.25, 0.3) is 5.91 Å². The fraction of sp³-hybridized carbons (Fsp3) is 0.368. The van der Waals surface area contributed by atoms with Crippen molar-refractivity contribution in [2.45, 2.75) is 13.0 Å². The molecule has 0 radical (unpaired) electrons. The van der Waals surface area contributed by atoms with Crippen LogP contribution in [0.2, 0.25) is 0 Å². The number of carbonyl (C=O) groups is 2. The highest BCUT2D eigenvalue weighted by Crippen LogP contribution is 2.21. The van der Waals surface area contributed by atoms with Crippen LogP contribution < -0.4 is 16.4 Å². The summed E-state index contributed by atoms with van der Waals surface area (Å²) in [7, 11) is 0. The first-order valence-electron chi connectivity index (χ1n) is 9.03. The molecule has 0 spiro atoms. The molecule has 2 amide bonds. The fourth-order valence-electron chi connectivity index (χ4n) is 2.81. The van der Waals surface area contributed by atoms with E-state index in [2.05, 4.69) is 15.5 Å². The highest BCUT2D eigenvalue weighted by Gasteiger charge is 2.15. The van der Waals surface area contributed by atoms with E-state index < -0.39 is 11.7 Å². The summed E-state index contributed by atoms with van der Waals surface area (Å²) in [6, 6.07) is 5.52. The van der Waals surface area contributed by atoms with Crippen LogP contribution in [0.4, 0.5) is 15.8 Å². The SMILES string of the molecule is NCc1cc(C(=O)Nc2ccc(F)c(NC(=O)CCN3CCOCC3)c2)co1. The summed E-state index contributed by atoms with van der Waals surface area (Å²) >= 11 is 0. The highest BCUT2D eigenvalue weighted by molar-refractivity contribution is 6.04. The van der Waals surface area contributed by atoms with Gasteiger partial charge < -0.3 is 25.5 Å². The van der Waals surface area contributed by atoms with Crippen molar-refractivity contribution in [2.24, 2.45) is 5.73 Å². The van der Waals surface area contributed by atoms with E-state index in [9.17, 15) is 14.0 Å². The Morgan fingerprint density at radius 3 is 2.68 bits per heavy atom. The van der Waals surface area contributed by atoms with Gasteiger partial charge in [-0.3, -0.25) is 14.5 Å². The van der Waals surface area contributed by atoms with Crippen LogP contribution in [0.5, 0.6) is 0 Å². The van der Waals surface area contributed by atoms with Crippen LogP contribution in [0.3, 0.4) is 0 Å². The van der Waals surface area contributed by atoms with Crippen LogP contribution in [0.25, 0.3) is 0 Å². The van der Waals surface area contributed by atoms with Gasteiger partial charge in [-0.2, -0.15) is 0 Å². The first-order valence-corrected chi connectivity index (χ1v) is 9.03. The van der Waals surface area contributed by atoms with Gasteiger partial charge in [-0.15, -0.1) is 0 Å². The summed E-state index contributed by atoms with van der Waals surface area (Å²) in [4.78, 5) is 26.5. The van der Waals surface area contributed by atoms with Gasteiger partial charge in [-0.25, -0.2) is 4.39 Å². The van der Waals surface area contributed by atoms with Crippen LogP contribution in [-0.2, 0) is 16.1 Å². The van der Waals surface area contributed by atoms with E-state index in [-0.39, 0.29) is 24.6 Å². The maximum atomic E-state index is 14.1. The van der Waals surface area contributed by atoms with E-state index in [0.29, 0.717) is 36.8 Å². The predicted octanol–water partition coefficient (Wildman–Crippen LogP) is 1.79. The minimum absolute atomic E-state index is 0.0135. The molecule has 4 N–H and O–H groups in total. The number of furan rings is 1. The molecule has 1 fully saturated rings. The number of nitrogens with zero attached hydrogens (tertiary/aromatic N) is 1. The minimum Gasteiger partial charge on any atom is -0.467 e. The Balaban J connectivity index is 1.57. The van der Waals surface area contributed by atoms with E-state index >= 15 is 0 Å². The molecule has 0 bridgehead atoms. The largest absolute Gasteiger partial charge is 0.467 e. The standard InChI is InChI=1S/C19H23FN4O4/c20-16-2-1-14(22-19(26)13-9-15(11-21)28-12-13)10-17(16)23-18(25)3-4-24-5-7-27-8-6-24/h1-2,9-10,12H,3-8,11,21H2,(H,22,26)(H,23,25). The summed E-state index contributed by atoms with van der Waals surface area (Å²) in [5.41, 5.74) is 6.13. The first-order chi connectivity index (χ1) is 13.5. The normalized spacial score (nSPS) is 14.6. The monoisotopic (exact) mass is 390 g/mol. The number of morpholine rings is 1. The number of hydrogen-bond acceptors (Lipinski definition) is 6. The van der Waals surface area contributed by atoms with Crippen molar-refractivity contribution < 1.29 is 23.1 Å². The Hall–Kier alpha value is -2.75. The van der Waals surface area contributed by atoms with Gasteiger partial charge in [0.15, 0.2) is 0 Å². The molecule has 1 aromatic carbocycles. The lowest BCUT2D eigenvalue weighted by Crippen LogP contribution is -2.38. The van der Waals surface area contributed by atoms with Gasteiger partial charge in [0.05, 0.1) is 31.0 Å². The first kappa shape index (κ1) is 20.0. The van der Waals surface area contributed by atoms with Crippen molar-refractivity contribution in [3.05, 3.63) is 47.7 Å². The molecule has 3 rings (SSSR count). The molecule has 8 nitrogen and oxygen atoms in total. The van der Waals surface area contributed by atoms with Gasteiger partial charge in [0.1, 0.15) is 17.8 Å². The molecule has 2 heterocycles. The summed E-state index contributed by atoms with van der Waals surface area (Å²) < 4.78 is 24.4. The van der Waals surface area contributed by atoms with E-state index in [4.69, 9.17) is 14.9 Å². The summed E-state index contributed by atoms with van der Waals surface area (Å²) in [6.45, 7) is 3.64. The quantitative estimate of drug-likeness (QED) is 0.665. The number of nitrogens with two attached hydrogens (primary N) is 1. The Morgan fingerprint density at radius 2 is 1.96 bits per heavy atom. The lowest BCUT2D eigenvalue weighted by molar-refractivity contribution is -0.116. The zero-order chi connectivity index (χ0) is 19.9. The van der Waals surface area contributed by atoms with Gasteiger partial charge in [0.2, 0.25) is 5.91 Å². The number of nitrogens with one attached hydrogen (secondary N) is 2. The molecule has 9 heteroatoms. The fourth-order valence-corrected chi connectivity index (χ4v) is 2.81. The Bertz CT molecular complexity index is 833. The van der Waals surface area contributed by atoms with Gasteiger partial charge in [-0.1, -0.05) is 0 Å². The molecule has 28 heavy (non-hydrogen) atoms. The van der Waals surface area contributed by atoms with E-state index in [0.717, 1.165) is 13.1 Å². The van der Waals surface area contributed by atoms with Crippen molar-refractivity contribution in [1.82, 2.24) is 4.90 Å². The number of carbonyl (C=O) groups excluding carboxylic acids is 2. The lowest BCUT2D eigenvalue weighted by atomic mass is 10.2. The van der Waals surface area contributed by atoms with Gasteiger partial charge in [-0.05, 0) is 24.3 Å². The van der Waals surface area contributed by atoms with Crippen molar-refractivity contribution in [2.75, 3.05) is 43.5 Å². The molecule has 1 aliphatic heterocycles. The molecular weight excluding hydrogens is 367 g/mol. The Labute approximate surface area is 161 Å². The second-order valence-corrected chi connectivity index (χ2v) is 6.41. The Morgan fingerprint density at radius 1 is 1.18 bits per heavy atom. The summed E-state index contributed by atoms with van der Waals surface area (Å²) in [5.74, 6) is -0.806. The lowest BCUT2D eigenvalue weighted by Gasteiger charge is -2.26. The summed E-state index contributed by atoms with van der Waals surface area (Å²) in [6.07, 6.45) is 1.54. The van der Waals surface area contributed by atoms with Crippen LogP contribution in [-0.4, -0.2) is 49.6 Å². The molecule has 2 aromatic rings. The number of benzene rings is 1. The zero-order valence-electron chi connectivity index (χ0n) is 15.4. The maximum absolute atomic E-state index is 14.1. The second-order valence-electron chi connectivity index (χ2n) is 6.41. The molecule has 0 unspecified atom stereocenters.